The first kappa shape index (κ1) is 27.4. The summed E-state index contributed by atoms with van der Waals surface area (Å²) in [4.78, 5) is 14.5. The third-order valence-electron chi connectivity index (χ3n) is 8.16. The van der Waals surface area contributed by atoms with Crippen LogP contribution < -0.4 is 9.80 Å². The van der Waals surface area contributed by atoms with Gasteiger partial charge in [0, 0.05) is 49.7 Å². The summed E-state index contributed by atoms with van der Waals surface area (Å²) in [6.45, 7) is 17.0. The predicted octanol–water partition coefficient (Wildman–Crippen LogP) is 8.01. The molecule has 0 radical (unpaired) electrons. The second kappa shape index (κ2) is 11.4. The van der Waals surface area contributed by atoms with Crippen molar-refractivity contribution in [2.45, 2.75) is 55.4 Å². The van der Waals surface area contributed by atoms with Gasteiger partial charge in [-0.2, -0.15) is 0 Å². The molecular weight excluding hydrogens is 464 g/mol. The Labute approximate surface area is 229 Å². The molecule has 4 heteroatoms. The van der Waals surface area contributed by atoms with Gasteiger partial charge in [-0.3, -0.25) is 0 Å². The molecule has 0 bridgehead atoms. The second-order valence-electron chi connectivity index (χ2n) is 10.6. The van der Waals surface area contributed by atoms with Crippen LogP contribution in [0, 0.1) is 41.5 Å². The third-order valence-corrected chi connectivity index (χ3v) is 8.16. The molecule has 198 valence electrons. The maximum absolute atomic E-state index is 4.86. The molecule has 2 aromatic heterocycles. The normalized spacial score (nSPS) is 13.7. The van der Waals surface area contributed by atoms with Gasteiger partial charge in [-0.25, -0.2) is 9.97 Å². The Morgan fingerprint density at radius 3 is 1.18 bits per heavy atom. The van der Waals surface area contributed by atoms with Crippen LogP contribution in [0.15, 0.2) is 60.9 Å². The molecule has 0 saturated carbocycles. The fourth-order valence-electron chi connectivity index (χ4n) is 5.27. The zero-order valence-electron chi connectivity index (χ0n) is 23.1. The summed E-state index contributed by atoms with van der Waals surface area (Å²) < 4.78 is 0. The Bertz CT molecular complexity index is 1250. The van der Waals surface area contributed by atoms with Crippen molar-refractivity contribution in [3.63, 3.8) is 0 Å². The molecule has 0 amide bonds. The van der Waals surface area contributed by atoms with Gasteiger partial charge in [0.05, 0.1) is 0 Å². The van der Waals surface area contributed by atoms with Crippen LogP contribution in [0.4, 0.5) is 11.6 Å². The van der Waals surface area contributed by atoms with Crippen molar-refractivity contribution in [2.24, 2.45) is 0 Å². The van der Waals surface area contributed by atoms with Crippen molar-refractivity contribution in [3.8, 4) is 22.3 Å². The van der Waals surface area contributed by atoms with Gasteiger partial charge in [0.2, 0.25) is 0 Å². The van der Waals surface area contributed by atoms with E-state index in [-0.39, 0.29) is 7.43 Å². The smallest absolute Gasteiger partial charge is 0.128 e. The standard InChI is InChI=1S/C33H38N4.CH4/c1-22-16-30(17-23(2)26(22)5)28-8-10-32(34-20-28)36-12-7-13-37(15-14-36)33-11-9-29(21-35-33)31-18-24(3)27(6)25(4)19-31;/h8-11,16-21H,7,12-15H2,1-6H3;1H4. The van der Waals surface area contributed by atoms with Crippen LogP contribution in [0.2, 0.25) is 0 Å². The van der Waals surface area contributed by atoms with Crippen LogP contribution >= 0.6 is 0 Å². The number of hydrogen-bond acceptors (Lipinski definition) is 4. The lowest BCUT2D eigenvalue weighted by molar-refractivity contribution is 0.794. The fourth-order valence-corrected chi connectivity index (χ4v) is 5.27. The van der Waals surface area contributed by atoms with E-state index in [0.29, 0.717) is 0 Å². The number of hydrogen-bond donors (Lipinski definition) is 0. The van der Waals surface area contributed by atoms with E-state index in [2.05, 4.69) is 99.9 Å². The molecule has 2 aromatic carbocycles. The molecule has 4 aromatic rings. The number of aryl methyl sites for hydroxylation is 4. The maximum Gasteiger partial charge on any atom is 0.128 e. The zero-order chi connectivity index (χ0) is 26.1. The largest absolute Gasteiger partial charge is 0.355 e. The third kappa shape index (κ3) is 5.60. The molecule has 0 spiro atoms. The Balaban J connectivity index is 0.00000336. The Morgan fingerprint density at radius 1 is 0.500 bits per heavy atom. The molecular formula is C34H42N4. The molecule has 1 aliphatic heterocycles. The van der Waals surface area contributed by atoms with Gasteiger partial charge in [-0.1, -0.05) is 31.7 Å². The number of benzene rings is 2. The number of pyridine rings is 2. The number of aromatic nitrogens is 2. The number of nitrogens with zero attached hydrogens (tertiary/aromatic N) is 4. The first-order valence-electron chi connectivity index (χ1n) is 13.4. The fraction of sp³-hybridized carbons (Fsp3) is 0.353. The van der Waals surface area contributed by atoms with Crippen molar-refractivity contribution >= 4 is 11.6 Å². The van der Waals surface area contributed by atoms with Crippen molar-refractivity contribution in [3.05, 3.63) is 94.3 Å². The minimum atomic E-state index is 0. The number of rotatable bonds is 4. The van der Waals surface area contributed by atoms with Gasteiger partial charge in [0.1, 0.15) is 11.6 Å². The highest BCUT2D eigenvalue weighted by molar-refractivity contribution is 5.68. The predicted molar refractivity (Wildman–Crippen MR) is 164 cm³/mol. The summed E-state index contributed by atoms with van der Waals surface area (Å²) in [5, 5.41) is 0. The van der Waals surface area contributed by atoms with Crippen LogP contribution in [0.25, 0.3) is 22.3 Å². The van der Waals surface area contributed by atoms with Crippen LogP contribution in [-0.4, -0.2) is 36.1 Å². The van der Waals surface area contributed by atoms with Gasteiger partial charge in [0.25, 0.3) is 0 Å². The van der Waals surface area contributed by atoms with E-state index >= 15 is 0 Å². The number of anilines is 2. The highest BCUT2D eigenvalue weighted by atomic mass is 15.3. The molecule has 0 aliphatic carbocycles. The monoisotopic (exact) mass is 506 g/mol. The average molecular weight is 507 g/mol. The Kier molecular flexibility index (Phi) is 8.20. The van der Waals surface area contributed by atoms with Gasteiger partial charge >= 0.3 is 0 Å². The summed E-state index contributed by atoms with van der Waals surface area (Å²) in [6, 6.07) is 17.8. The van der Waals surface area contributed by atoms with Crippen molar-refractivity contribution < 1.29 is 0 Å². The first-order chi connectivity index (χ1) is 17.8. The zero-order valence-corrected chi connectivity index (χ0v) is 23.1. The summed E-state index contributed by atoms with van der Waals surface area (Å²) >= 11 is 0. The lowest BCUT2D eigenvalue weighted by Gasteiger charge is -2.24. The molecule has 4 nitrogen and oxygen atoms in total. The maximum atomic E-state index is 4.86. The highest BCUT2D eigenvalue weighted by Crippen LogP contribution is 2.28. The van der Waals surface area contributed by atoms with E-state index in [1.165, 1.54) is 55.6 Å². The van der Waals surface area contributed by atoms with E-state index in [0.717, 1.165) is 44.2 Å². The Hall–Kier alpha value is -3.66. The topological polar surface area (TPSA) is 32.3 Å². The van der Waals surface area contributed by atoms with Crippen molar-refractivity contribution in [2.75, 3.05) is 36.0 Å². The van der Waals surface area contributed by atoms with Crippen LogP contribution in [0.1, 0.15) is 47.2 Å². The summed E-state index contributed by atoms with van der Waals surface area (Å²) in [6.07, 6.45) is 5.13. The molecule has 1 fully saturated rings. The molecule has 0 unspecified atom stereocenters. The summed E-state index contributed by atoms with van der Waals surface area (Å²) in [5.41, 5.74) is 12.9. The van der Waals surface area contributed by atoms with Crippen LogP contribution in [-0.2, 0) is 0 Å². The van der Waals surface area contributed by atoms with Gasteiger partial charge in [-0.05, 0) is 117 Å². The Morgan fingerprint density at radius 2 is 0.868 bits per heavy atom. The van der Waals surface area contributed by atoms with Crippen LogP contribution in [0.3, 0.4) is 0 Å². The molecule has 1 aliphatic rings. The van der Waals surface area contributed by atoms with Crippen molar-refractivity contribution in [1.29, 1.82) is 0 Å². The SMILES string of the molecule is C.Cc1cc(-c2ccc(N3CCCN(c4ccc(-c5cc(C)c(C)c(C)c5)cn4)CC3)nc2)cc(C)c1C. The molecule has 5 rings (SSSR count). The molecule has 38 heavy (non-hydrogen) atoms. The van der Waals surface area contributed by atoms with E-state index in [1.54, 1.807) is 0 Å². The molecule has 3 heterocycles. The highest BCUT2D eigenvalue weighted by Gasteiger charge is 2.18. The minimum absolute atomic E-state index is 0. The lowest BCUT2D eigenvalue weighted by Crippen LogP contribution is -2.31. The lowest BCUT2D eigenvalue weighted by atomic mass is 9.97. The molecule has 0 N–H and O–H groups in total. The minimum Gasteiger partial charge on any atom is -0.355 e. The van der Waals surface area contributed by atoms with Gasteiger partial charge in [-0.15, -0.1) is 0 Å². The van der Waals surface area contributed by atoms with E-state index in [9.17, 15) is 0 Å². The molecule has 1 saturated heterocycles. The quantitative estimate of drug-likeness (QED) is 0.281. The summed E-state index contributed by atoms with van der Waals surface area (Å²) in [5.74, 6) is 2.11. The van der Waals surface area contributed by atoms with E-state index in [4.69, 9.17) is 9.97 Å². The van der Waals surface area contributed by atoms with Gasteiger partial charge in [0.15, 0.2) is 0 Å². The van der Waals surface area contributed by atoms with Gasteiger partial charge < -0.3 is 9.80 Å². The van der Waals surface area contributed by atoms with E-state index in [1.807, 2.05) is 12.4 Å². The van der Waals surface area contributed by atoms with E-state index < -0.39 is 0 Å². The first-order valence-corrected chi connectivity index (χ1v) is 13.4. The summed E-state index contributed by atoms with van der Waals surface area (Å²) in [7, 11) is 0. The average Bonchev–Trinajstić information content (AvgIpc) is 3.16. The molecule has 0 atom stereocenters. The van der Waals surface area contributed by atoms with Crippen LogP contribution in [0.5, 0.6) is 0 Å². The van der Waals surface area contributed by atoms with Crippen molar-refractivity contribution in [1.82, 2.24) is 9.97 Å². The second-order valence-corrected chi connectivity index (χ2v) is 10.6.